The molecule has 8 heteroatoms. The minimum Gasteiger partial charge on any atom is -0.481 e. The first-order valence-corrected chi connectivity index (χ1v) is 9.57. The first-order chi connectivity index (χ1) is 12.5. The van der Waals surface area contributed by atoms with Crippen LogP contribution in [0.3, 0.4) is 0 Å². The van der Waals surface area contributed by atoms with Gasteiger partial charge >= 0.3 is 5.97 Å². The molecular weight excluding hydrogens is 350 g/mol. The summed E-state index contributed by atoms with van der Waals surface area (Å²) in [6.07, 6.45) is 1.54. The van der Waals surface area contributed by atoms with Crippen molar-refractivity contribution < 1.29 is 24.3 Å². The van der Waals surface area contributed by atoms with Gasteiger partial charge < -0.3 is 20.2 Å². The Hall–Kier alpha value is -2.12. The maximum absolute atomic E-state index is 12.7. The lowest BCUT2D eigenvalue weighted by atomic mass is 9.98. The number of hydrogen-bond donors (Lipinski definition) is 2. The highest BCUT2D eigenvalue weighted by Crippen LogP contribution is 2.17. The van der Waals surface area contributed by atoms with E-state index in [2.05, 4.69) is 5.32 Å². The SMILES string of the molecule is CC(C)CC(=O)NC(C(=O)N(C)CC(=O)N1CCCC(C(=O)O)C1)C(C)C. The molecule has 0 aromatic carbocycles. The van der Waals surface area contributed by atoms with Crippen LogP contribution in [0, 0.1) is 17.8 Å². The zero-order valence-corrected chi connectivity index (χ0v) is 17.0. The number of nitrogens with zero attached hydrogens (tertiary/aromatic N) is 2. The minimum atomic E-state index is -0.898. The van der Waals surface area contributed by atoms with E-state index in [1.165, 1.54) is 16.8 Å². The number of piperidine rings is 1. The molecule has 0 aromatic heterocycles. The second-order valence-electron chi connectivity index (χ2n) is 8.10. The number of hydrogen-bond acceptors (Lipinski definition) is 4. The van der Waals surface area contributed by atoms with Crippen molar-refractivity contribution in [3.05, 3.63) is 0 Å². The van der Waals surface area contributed by atoms with Crippen molar-refractivity contribution in [1.29, 1.82) is 0 Å². The molecule has 154 valence electrons. The fourth-order valence-electron chi connectivity index (χ4n) is 3.14. The van der Waals surface area contributed by atoms with Crippen molar-refractivity contribution in [2.24, 2.45) is 17.8 Å². The second-order valence-corrected chi connectivity index (χ2v) is 8.10. The van der Waals surface area contributed by atoms with E-state index in [-0.39, 0.29) is 42.6 Å². The summed E-state index contributed by atoms with van der Waals surface area (Å²) in [6.45, 7) is 8.10. The molecule has 3 amide bonds. The van der Waals surface area contributed by atoms with E-state index in [9.17, 15) is 19.2 Å². The number of aliphatic carboxylic acids is 1. The van der Waals surface area contributed by atoms with Crippen LogP contribution in [-0.2, 0) is 19.2 Å². The zero-order chi connectivity index (χ0) is 20.7. The van der Waals surface area contributed by atoms with Crippen LogP contribution in [-0.4, -0.2) is 71.3 Å². The lowest BCUT2D eigenvalue weighted by Gasteiger charge is -2.33. The molecule has 1 rings (SSSR count). The van der Waals surface area contributed by atoms with Crippen molar-refractivity contribution in [3.63, 3.8) is 0 Å². The largest absolute Gasteiger partial charge is 0.481 e. The Morgan fingerprint density at radius 1 is 1.19 bits per heavy atom. The maximum Gasteiger partial charge on any atom is 0.308 e. The molecule has 2 N–H and O–H groups in total. The van der Waals surface area contributed by atoms with Gasteiger partial charge in [0, 0.05) is 26.6 Å². The van der Waals surface area contributed by atoms with Crippen molar-refractivity contribution in [3.8, 4) is 0 Å². The van der Waals surface area contributed by atoms with Crippen molar-refractivity contribution in [1.82, 2.24) is 15.1 Å². The third-order valence-electron chi connectivity index (χ3n) is 4.71. The number of amides is 3. The van der Waals surface area contributed by atoms with E-state index in [4.69, 9.17) is 5.11 Å². The Bertz CT molecular complexity index is 562. The number of nitrogens with one attached hydrogen (secondary N) is 1. The predicted octanol–water partition coefficient (Wildman–Crippen LogP) is 0.955. The third-order valence-corrected chi connectivity index (χ3v) is 4.71. The van der Waals surface area contributed by atoms with E-state index >= 15 is 0 Å². The van der Waals surface area contributed by atoms with E-state index in [0.29, 0.717) is 25.8 Å². The summed E-state index contributed by atoms with van der Waals surface area (Å²) in [6, 6.07) is -0.692. The van der Waals surface area contributed by atoms with Crippen LogP contribution >= 0.6 is 0 Å². The monoisotopic (exact) mass is 383 g/mol. The molecule has 0 aliphatic carbocycles. The number of rotatable bonds is 8. The summed E-state index contributed by atoms with van der Waals surface area (Å²) < 4.78 is 0. The summed E-state index contributed by atoms with van der Waals surface area (Å²) in [4.78, 5) is 51.3. The lowest BCUT2D eigenvalue weighted by molar-refractivity contribution is -0.147. The molecule has 2 atom stereocenters. The minimum absolute atomic E-state index is 0.113. The highest BCUT2D eigenvalue weighted by Gasteiger charge is 2.31. The van der Waals surface area contributed by atoms with Crippen LogP contribution in [0.4, 0.5) is 0 Å². The van der Waals surface area contributed by atoms with Crippen LogP contribution in [0.5, 0.6) is 0 Å². The number of likely N-dealkylation sites (N-methyl/N-ethyl adjacent to an activating group) is 1. The number of carboxylic acid groups (broad SMARTS) is 1. The standard InChI is InChI=1S/C19H33N3O5/c1-12(2)9-15(23)20-17(13(3)4)18(25)21(5)11-16(24)22-8-6-7-14(10-22)19(26)27/h12-14,17H,6-11H2,1-5H3,(H,20,23)(H,26,27). The molecule has 1 aliphatic rings. The predicted molar refractivity (Wildman–Crippen MR) is 101 cm³/mol. The van der Waals surface area contributed by atoms with Gasteiger partial charge in [-0.2, -0.15) is 0 Å². The van der Waals surface area contributed by atoms with E-state index < -0.39 is 17.9 Å². The van der Waals surface area contributed by atoms with Gasteiger partial charge in [0.2, 0.25) is 17.7 Å². The number of carboxylic acids is 1. The first-order valence-electron chi connectivity index (χ1n) is 9.57. The van der Waals surface area contributed by atoms with Crippen LogP contribution in [0.1, 0.15) is 47.0 Å². The van der Waals surface area contributed by atoms with E-state index in [0.717, 1.165) is 0 Å². The van der Waals surface area contributed by atoms with Crippen molar-refractivity contribution in [2.75, 3.05) is 26.7 Å². The number of carbonyl (C=O) groups excluding carboxylic acids is 3. The highest BCUT2D eigenvalue weighted by atomic mass is 16.4. The Morgan fingerprint density at radius 2 is 1.81 bits per heavy atom. The number of likely N-dealkylation sites (tertiary alicyclic amines) is 1. The summed E-state index contributed by atoms with van der Waals surface area (Å²) in [7, 11) is 1.53. The molecule has 2 unspecified atom stereocenters. The first kappa shape index (κ1) is 22.9. The maximum atomic E-state index is 12.7. The molecule has 8 nitrogen and oxygen atoms in total. The summed E-state index contributed by atoms with van der Waals surface area (Å²) in [5.74, 6) is -2.15. The molecular formula is C19H33N3O5. The average Bonchev–Trinajstić information content (AvgIpc) is 2.58. The van der Waals surface area contributed by atoms with Gasteiger partial charge in [-0.1, -0.05) is 27.7 Å². The van der Waals surface area contributed by atoms with Gasteiger partial charge in [-0.25, -0.2) is 0 Å². The van der Waals surface area contributed by atoms with Gasteiger partial charge in [0.05, 0.1) is 12.5 Å². The molecule has 1 fully saturated rings. The van der Waals surface area contributed by atoms with Crippen LogP contribution in [0.15, 0.2) is 0 Å². The van der Waals surface area contributed by atoms with Gasteiger partial charge in [0.1, 0.15) is 6.04 Å². The van der Waals surface area contributed by atoms with Gasteiger partial charge in [-0.15, -0.1) is 0 Å². The fourth-order valence-corrected chi connectivity index (χ4v) is 3.14. The third kappa shape index (κ3) is 7.19. The Labute approximate surface area is 161 Å². The smallest absolute Gasteiger partial charge is 0.308 e. The molecule has 1 aliphatic heterocycles. The average molecular weight is 383 g/mol. The molecule has 27 heavy (non-hydrogen) atoms. The fraction of sp³-hybridized carbons (Fsp3) is 0.789. The van der Waals surface area contributed by atoms with Gasteiger partial charge in [0.25, 0.3) is 0 Å². The summed E-state index contributed by atoms with van der Waals surface area (Å²) in [5, 5.41) is 11.9. The zero-order valence-electron chi connectivity index (χ0n) is 17.0. The topological polar surface area (TPSA) is 107 Å². The van der Waals surface area contributed by atoms with Gasteiger partial charge in [-0.05, 0) is 24.7 Å². The van der Waals surface area contributed by atoms with Crippen molar-refractivity contribution in [2.45, 2.75) is 53.0 Å². The van der Waals surface area contributed by atoms with Crippen LogP contribution < -0.4 is 5.32 Å². The summed E-state index contributed by atoms with van der Waals surface area (Å²) >= 11 is 0. The van der Waals surface area contributed by atoms with Gasteiger partial charge in [-0.3, -0.25) is 19.2 Å². The van der Waals surface area contributed by atoms with Gasteiger partial charge in [0.15, 0.2) is 0 Å². The molecule has 0 saturated carbocycles. The quantitative estimate of drug-likeness (QED) is 0.649. The second kappa shape index (κ2) is 10.3. The summed E-state index contributed by atoms with van der Waals surface area (Å²) in [5.41, 5.74) is 0. The number of carbonyl (C=O) groups is 4. The normalized spacial score (nSPS) is 18.3. The Balaban J connectivity index is 2.67. The Morgan fingerprint density at radius 3 is 2.33 bits per heavy atom. The molecule has 0 bridgehead atoms. The molecule has 0 spiro atoms. The molecule has 0 radical (unpaired) electrons. The van der Waals surface area contributed by atoms with E-state index in [1.54, 1.807) is 0 Å². The highest BCUT2D eigenvalue weighted by molar-refractivity contribution is 5.90. The molecule has 1 heterocycles. The molecule has 0 aromatic rings. The Kier molecular flexibility index (Phi) is 8.72. The van der Waals surface area contributed by atoms with E-state index in [1.807, 2.05) is 27.7 Å². The van der Waals surface area contributed by atoms with Crippen LogP contribution in [0.2, 0.25) is 0 Å². The van der Waals surface area contributed by atoms with Crippen LogP contribution in [0.25, 0.3) is 0 Å². The van der Waals surface area contributed by atoms with Crippen molar-refractivity contribution >= 4 is 23.7 Å². The molecule has 1 saturated heterocycles. The lowest BCUT2D eigenvalue weighted by Crippen LogP contribution is -2.53.